The van der Waals surface area contributed by atoms with Crippen LogP contribution in [0.3, 0.4) is 0 Å². The smallest absolute Gasteiger partial charge is 0.225 e. The number of aryl methyl sites for hydroxylation is 1. The van der Waals surface area contributed by atoms with E-state index in [1.54, 1.807) is 15.6 Å². The van der Waals surface area contributed by atoms with Crippen molar-refractivity contribution < 1.29 is 13.2 Å². The van der Waals surface area contributed by atoms with Crippen LogP contribution in [0.4, 0.5) is 0 Å². The lowest BCUT2D eigenvalue weighted by Gasteiger charge is -2.32. The lowest BCUT2D eigenvalue weighted by atomic mass is 10.1. The summed E-state index contributed by atoms with van der Waals surface area (Å²) in [5.74, 6) is 0.351. The molecule has 1 aliphatic rings. The molecule has 0 aromatic carbocycles. The predicted molar refractivity (Wildman–Crippen MR) is 94.1 cm³/mol. The minimum absolute atomic E-state index is 0.0235. The zero-order valence-corrected chi connectivity index (χ0v) is 15.7. The van der Waals surface area contributed by atoms with Gasteiger partial charge in [0.25, 0.3) is 0 Å². The third-order valence-electron chi connectivity index (χ3n) is 3.89. The van der Waals surface area contributed by atoms with Crippen molar-refractivity contribution in [2.24, 2.45) is 5.92 Å². The largest absolute Gasteiger partial charge is 0.353 e. The summed E-state index contributed by atoms with van der Waals surface area (Å²) in [5.41, 5.74) is 0. The summed E-state index contributed by atoms with van der Waals surface area (Å²) in [6, 6.07) is 4.08. The van der Waals surface area contributed by atoms with Gasteiger partial charge in [-0.05, 0) is 37.8 Å². The monoisotopic (exact) mass is 358 g/mol. The molecule has 2 rings (SSSR count). The van der Waals surface area contributed by atoms with Gasteiger partial charge in [0.05, 0.1) is 12.2 Å². The molecule has 0 saturated carbocycles. The van der Waals surface area contributed by atoms with Gasteiger partial charge < -0.3 is 5.32 Å². The van der Waals surface area contributed by atoms with Crippen molar-refractivity contribution in [2.45, 2.75) is 46.1 Å². The van der Waals surface area contributed by atoms with Gasteiger partial charge in [0.1, 0.15) is 0 Å². The summed E-state index contributed by atoms with van der Waals surface area (Å²) in [4.78, 5) is 14.3. The number of piperidine rings is 1. The maximum absolute atomic E-state index is 12.2. The Hall–Kier alpha value is -0.920. The summed E-state index contributed by atoms with van der Waals surface area (Å²) in [6.45, 7) is 6.85. The van der Waals surface area contributed by atoms with Crippen molar-refractivity contribution in [2.75, 3.05) is 18.8 Å². The highest BCUT2D eigenvalue weighted by Crippen LogP contribution is 2.18. The van der Waals surface area contributed by atoms with E-state index in [2.05, 4.69) is 5.32 Å². The number of nitrogens with zero attached hydrogens (tertiary/aromatic N) is 1. The molecule has 1 aromatic rings. The molecule has 7 heteroatoms. The fourth-order valence-electron chi connectivity index (χ4n) is 2.82. The van der Waals surface area contributed by atoms with E-state index in [9.17, 15) is 13.2 Å². The zero-order chi connectivity index (χ0) is 17.0. The van der Waals surface area contributed by atoms with Crippen molar-refractivity contribution in [3.63, 3.8) is 0 Å². The number of hydrogen-bond acceptors (Lipinski definition) is 4. The van der Waals surface area contributed by atoms with E-state index >= 15 is 0 Å². The van der Waals surface area contributed by atoms with Crippen LogP contribution in [0.1, 0.15) is 36.4 Å². The fourth-order valence-corrected chi connectivity index (χ4v) is 5.53. The Morgan fingerprint density at radius 1 is 1.35 bits per heavy atom. The van der Waals surface area contributed by atoms with Crippen molar-refractivity contribution >= 4 is 27.3 Å². The highest BCUT2D eigenvalue weighted by molar-refractivity contribution is 7.89. The summed E-state index contributed by atoms with van der Waals surface area (Å²) >= 11 is 1.64. The van der Waals surface area contributed by atoms with Gasteiger partial charge in [-0.25, -0.2) is 12.7 Å². The third-order valence-corrected chi connectivity index (χ3v) is 7.13. The molecule has 0 radical (unpaired) electrons. The van der Waals surface area contributed by atoms with Crippen molar-refractivity contribution in [3.05, 3.63) is 21.9 Å². The van der Waals surface area contributed by atoms with Crippen molar-refractivity contribution in [1.82, 2.24) is 9.62 Å². The van der Waals surface area contributed by atoms with Crippen LogP contribution in [0.25, 0.3) is 0 Å². The van der Waals surface area contributed by atoms with E-state index in [1.807, 2.05) is 32.9 Å². The molecule has 130 valence electrons. The molecule has 1 aromatic heterocycles. The van der Waals surface area contributed by atoms with Gasteiger partial charge in [-0.3, -0.25) is 4.79 Å². The Bertz CT molecular complexity index is 630. The molecule has 1 fully saturated rings. The number of hydrogen-bond donors (Lipinski definition) is 1. The molecule has 0 spiro atoms. The van der Waals surface area contributed by atoms with Gasteiger partial charge in [-0.15, -0.1) is 11.3 Å². The predicted octanol–water partition coefficient (Wildman–Crippen LogP) is 2.17. The molecular weight excluding hydrogens is 332 g/mol. The highest BCUT2D eigenvalue weighted by Gasteiger charge is 2.29. The number of carbonyl (C=O) groups is 1. The molecule has 1 aliphatic heterocycles. The quantitative estimate of drug-likeness (QED) is 0.847. The van der Waals surface area contributed by atoms with E-state index < -0.39 is 10.0 Å². The first-order valence-corrected chi connectivity index (χ1v) is 10.5. The number of rotatable bonds is 6. The molecule has 1 amide bonds. The van der Waals surface area contributed by atoms with E-state index in [-0.39, 0.29) is 23.6 Å². The average molecular weight is 359 g/mol. The molecule has 1 N–H and O–H groups in total. The summed E-state index contributed by atoms with van der Waals surface area (Å²) < 4.78 is 26.0. The second kappa shape index (κ2) is 7.77. The number of nitrogens with one attached hydrogen (secondary N) is 1. The standard InChI is InChI=1S/C16H26N2O3S2/c1-12(2)11-23(20,21)18-8-6-14(7-9-18)17-16(19)10-15-5-4-13(3)22-15/h4-5,12,14H,6-11H2,1-3H3,(H,17,19). The van der Waals surface area contributed by atoms with E-state index in [0.717, 1.165) is 4.88 Å². The Morgan fingerprint density at radius 3 is 2.52 bits per heavy atom. The molecule has 2 heterocycles. The van der Waals surface area contributed by atoms with Crippen LogP contribution >= 0.6 is 11.3 Å². The number of thiophene rings is 1. The van der Waals surface area contributed by atoms with E-state index in [1.165, 1.54) is 4.88 Å². The summed E-state index contributed by atoms with van der Waals surface area (Å²) in [5, 5.41) is 3.04. The van der Waals surface area contributed by atoms with E-state index in [4.69, 9.17) is 0 Å². The summed E-state index contributed by atoms with van der Waals surface area (Å²) in [7, 11) is -3.16. The second-order valence-electron chi connectivity index (χ2n) is 6.60. The van der Waals surface area contributed by atoms with Crippen LogP contribution in [0.2, 0.25) is 0 Å². The molecule has 0 aliphatic carbocycles. The molecule has 5 nitrogen and oxygen atoms in total. The molecule has 1 saturated heterocycles. The van der Waals surface area contributed by atoms with Crippen LogP contribution < -0.4 is 5.32 Å². The van der Waals surface area contributed by atoms with Crippen molar-refractivity contribution in [1.29, 1.82) is 0 Å². The Labute approximate surface area is 143 Å². The summed E-state index contributed by atoms with van der Waals surface area (Å²) in [6.07, 6.45) is 1.78. The van der Waals surface area contributed by atoms with Gasteiger partial charge in [0, 0.05) is 28.9 Å². The molecular formula is C16H26N2O3S2. The van der Waals surface area contributed by atoms with Gasteiger partial charge in [0.2, 0.25) is 15.9 Å². The van der Waals surface area contributed by atoms with Crippen LogP contribution in [0.15, 0.2) is 12.1 Å². The Balaban J connectivity index is 1.79. The molecule has 0 atom stereocenters. The maximum atomic E-state index is 12.2. The Kier molecular flexibility index (Phi) is 6.22. The fraction of sp³-hybridized carbons (Fsp3) is 0.688. The van der Waals surface area contributed by atoms with Crippen LogP contribution in [0, 0.1) is 12.8 Å². The number of sulfonamides is 1. The van der Waals surface area contributed by atoms with Crippen LogP contribution in [-0.4, -0.2) is 43.5 Å². The number of carbonyl (C=O) groups excluding carboxylic acids is 1. The van der Waals surface area contributed by atoms with Gasteiger partial charge >= 0.3 is 0 Å². The van der Waals surface area contributed by atoms with Crippen LogP contribution in [-0.2, 0) is 21.2 Å². The SMILES string of the molecule is Cc1ccc(CC(=O)NC2CCN(S(=O)(=O)CC(C)C)CC2)s1. The maximum Gasteiger partial charge on any atom is 0.225 e. The zero-order valence-electron chi connectivity index (χ0n) is 14.0. The Morgan fingerprint density at radius 2 is 2.00 bits per heavy atom. The van der Waals surface area contributed by atoms with Gasteiger partial charge in [0.15, 0.2) is 0 Å². The first-order chi connectivity index (χ1) is 10.8. The first-order valence-electron chi connectivity index (χ1n) is 8.09. The molecule has 0 bridgehead atoms. The second-order valence-corrected chi connectivity index (χ2v) is 9.99. The first kappa shape index (κ1) is 18.4. The number of amides is 1. The lowest BCUT2D eigenvalue weighted by Crippen LogP contribution is -2.47. The third kappa shape index (κ3) is 5.58. The lowest BCUT2D eigenvalue weighted by molar-refractivity contribution is -0.121. The van der Waals surface area contributed by atoms with Gasteiger partial charge in [-0.1, -0.05) is 13.8 Å². The van der Waals surface area contributed by atoms with Crippen molar-refractivity contribution in [3.8, 4) is 0 Å². The molecule has 0 unspecified atom stereocenters. The minimum atomic E-state index is -3.16. The highest BCUT2D eigenvalue weighted by atomic mass is 32.2. The average Bonchev–Trinajstić information content (AvgIpc) is 2.83. The minimum Gasteiger partial charge on any atom is -0.353 e. The van der Waals surface area contributed by atoms with Gasteiger partial charge in [-0.2, -0.15) is 0 Å². The van der Waals surface area contributed by atoms with Crippen LogP contribution in [0.5, 0.6) is 0 Å². The van der Waals surface area contributed by atoms with E-state index in [0.29, 0.717) is 32.4 Å². The molecule has 23 heavy (non-hydrogen) atoms. The topological polar surface area (TPSA) is 66.5 Å². The normalized spacial score (nSPS) is 17.6.